The highest BCUT2D eigenvalue weighted by Gasteiger charge is 2.30. The molecule has 0 saturated heterocycles. The number of carbonyl (C=O) groups excluding carboxylic acids is 2. The van der Waals surface area contributed by atoms with Crippen LogP contribution in [0.5, 0.6) is 5.75 Å². The van der Waals surface area contributed by atoms with Gasteiger partial charge in [0.15, 0.2) is 6.10 Å². The second-order valence-electron chi connectivity index (χ2n) is 6.75. The monoisotopic (exact) mass is 387 g/mol. The van der Waals surface area contributed by atoms with E-state index in [0.717, 1.165) is 22.4 Å². The predicted octanol–water partition coefficient (Wildman–Crippen LogP) is 3.45. The molecule has 0 aromatic heterocycles. The van der Waals surface area contributed by atoms with Gasteiger partial charge in [-0.15, -0.1) is 0 Å². The molecule has 142 valence electrons. The van der Waals surface area contributed by atoms with E-state index in [4.69, 9.17) is 21.1 Å². The van der Waals surface area contributed by atoms with Crippen LogP contribution in [-0.4, -0.2) is 24.6 Å². The van der Waals surface area contributed by atoms with Crippen molar-refractivity contribution in [1.29, 1.82) is 0 Å². The molecule has 1 aliphatic rings. The van der Waals surface area contributed by atoms with E-state index in [1.165, 1.54) is 0 Å². The zero-order chi connectivity index (χ0) is 19.4. The van der Waals surface area contributed by atoms with Gasteiger partial charge in [-0.25, -0.2) is 0 Å². The Labute approximate surface area is 163 Å². The second-order valence-corrected chi connectivity index (χ2v) is 7.18. The van der Waals surface area contributed by atoms with E-state index in [-0.39, 0.29) is 12.5 Å². The number of amides is 1. The predicted molar refractivity (Wildman–Crippen MR) is 103 cm³/mol. The molecule has 2 aromatic carbocycles. The van der Waals surface area contributed by atoms with Crippen molar-refractivity contribution in [1.82, 2.24) is 5.32 Å². The lowest BCUT2D eigenvalue weighted by Crippen LogP contribution is -2.38. The van der Waals surface area contributed by atoms with Gasteiger partial charge in [0, 0.05) is 11.6 Å². The van der Waals surface area contributed by atoms with Crippen LogP contribution in [-0.2, 0) is 27.3 Å². The number of hydrogen-bond acceptors (Lipinski definition) is 4. The van der Waals surface area contributed by atoms with Crippen LogP contribution >= 0.6 is 11.6 Å². The highest BCUT2D eigenvalue weighted by molar-refractivity contribution is 6.30. The van der Waals surface area contributed by atoms with Gasteiger partial charge in [-0.1, -0.05) is 41.4 Å². The van der Waals surface area contributed by atoms with Gasteiger partial charge in [0.1, 0.15) is 12.4 Å². The third-order valence-corrected chi connectivity index (χ3v) is 4.75. The maximum Gasteiger partial charge on any atom is 0.313 e. The molecule has 2 aromatic rings. The van der Waals surface area contributed by atoms with Gasteiger partial charge >= 0.3 is 5.97 Å². The van der Waals surface area contributed by atoms with Gasteiger partial charge in [-0.3, -0.25) is 9.59 Å². The number of aryl methyl sites for hydroxylation is 1. The molecule has 0 aliphatic carbocycles. The van der Waals surface area contributed by atoms with Crippen LogP contribution in [0.3, 0.4) is 0 Å². The van der Waals surface area contributed by atoms with Gasteiger partial charge in [-0.2, -0.15) is 0 Å². The first-order valence-corrected chi connectivity index (χ1v) is 9.25. The molecule has 0 bridgehead atoms. The highest BCUT2D eigenvalue weighted by atomic mass is 35.5. The molecule has 1 aliphatic heterocycles. The number of hydrogen-bond donors (Lipinski definition) is 1. The van der Waals surface area contributed by atoms with Crippen molar-refractivity contribution in [3.63, 3.8) is 0 Å². The minimum absolute atomic E-state index is 0.227. The summed E-state index contributed by atoms with van der Waals surface area (Å²) < 4.78 is 10.9. The third kappa shape index (κ3) is 5.01. The molecule has 1 amide bonds. The normalized spacial score (nSPS) is 16.6. The quantitative estimate of drug-likeness (QED) is 0.798. The van der Waals surface area contributed by atoms with Crippen molar-refractivity contribution in [2.24, 2.45) is 5.92 Å². The lowest BCUT2D eigenvalue weighted by atomic mass is 9.97. The molecule has 0 saturated carbocycles. The Morgan fingerprint density at radius 2 is 2.00 bits per heavy atom. The molecule has 5 nitrogen and oxygen atoms in total. The van der Waals surface area contributed by atoms with E-state index in [9.17, 15) is 9.59 Å². The average molecular weight is 388 g/mol. The minimum atomic E-state index is -0.872. The van der Waals surface area contributed by atoms with Gasteiger partial charge in [0.25, 0.3) is 5.91 Å². The number of fused-ring (bicyclic) bond motifs is 1. The fourth-order valence-electron chi connectivity index (χ4n) is 2.88. The topological polar surface area (TPSA) is 64.6 Å². The van der Waals surface area contributed by atoms with Crippen LogP contribution in [0.25, 0.3) is 0 Å². The van der Waals surface area contributed by atoms with E-state index >= 15 is 0 Å². The minimum Gasteiger partial charge on any atom is -0.492 e. The summed E-state index contributed by atoms with van der Waals surface area (Å²) in [6.45, 7) is 4.19. The first-order valence-electron chi connectivity index (χ1n) is 8.87. The molecule has 0 unspecified atom stereocenters. The van der Waals surface area contributed by atoms with Gasteiger partial charge < -0.3 is 14.8 Å². The van der Waals surface area contributed by atoms with Crippen molar-refractivity contribution in [3.8, 4) is 5.75 Å². The summed E-state index contributed by atoms with van der Waals surface area (Å²) in [4.78, 5) is 24.6. The van der Waals surface area contributed by atoms with Crippen LogP contribution in [0.1, 0.15) is 23.6 Å². The van der Waals surface area contributed by atoms with Crippen molar-refractivity contribution >= 4 is 23.5 Å². The summed E-state index contributed by atoms with van der Waals surface area (Å²) in [5.41, 5.74) is 3.01. The number of nitrogens with one attached hydrogen (secondary N) is 1. The molecular formula is C21H22ClNO4. The Morgan fingerprint density at radius 3 is 2.74 bits per heavy atom. The van der Waals surface area contributed by atoms with Crippen LogP contribution in [0, 0.1) is 12.8 Å². The molecular weight excluding hydrogens is 366 g/mol. The van der Waals surface area contributed by atoms with Crippen molar-refractivity contribution in [3.05, 3.63) is 64.2 Å². The lowest BCUT2D eigenvalue weighted by molar-refractivity contribution is -0.160. The van der Waals surface area contributed by atoms with Gasteiger partial charge in [0.2, 0.25) is 0 Å². The maximum atomic E-state index is 12.4. The first kappa shape index (κ1) is 19.2. The Hall–Kier alpha value is -2.53. The molecule has 0 spiro atoms. The standard InChI is InChI=1S/C21H22ClNO4/c1-13-3-5-15(6-4-13)11-23-20(24)14(2)27-21(25)17-9-16-10-18(22)7-8-19(16)26-12-17/h3-8,10,14,17H,9,11-12H2,1-2H3,(H,23,24)/t14-,17-/m0/s1. The Bertz CT molecular complexity index is 835. The molecule has 1 heterocycles. The second kappa shape index (κ2) is 8.44. The number of carbonyl (C=O) groups is 2. The van der Waals surface area contributed by atoms with Crippen LogP contribution in [0.15, 0.2) is 42.5 Å². The number of ether oxygens (including phenoxy) is 2. The first-order chi connectivity index (χ1) is 12.9. The van der Waals surface area contributed by atoms with E-state index in [1.807, 2.05) is 31.2 Å². The van der Waals surface area contributed by atoms with Crippen LogP contribution in [0.4, 0.5) is 0 Å². The molecule has 6 heteroatoms. The van der Waals surface area contributed by atoms with Gasteiger partial charge in [0.05, 0.1) is 5.92 Å². The summed E-state index contributed by atoms with van der Waals surface area (Å²) in [7, 11) is 0. The van der Waals surface area contributed by atoms with Crippen LogP contribution in [0.2, 0.25) is 5.02 Å². The summed E-state index contributed by atoms with van der Waals surface area (Å²) in [5.74, 6) is -0.502. The number of halogens is 1. The summed E-state index contributed by atoms with van der Waals surface area (Å²) in [6.07, 6.45) is -0.393. The number of benzene rings is 2. The highest BCUT2D eigenvalue weighted by Crippen LogP contribution is 2.30. The van der Waals surface area contributed by atoms with E-state index < -0.39 is 18.0 Å². The summed E-state index contributed by atoms with van der Waals surface area (Å²) in [5, 5.41) is 3.38. The van der Waals surface area contributed by atoms with Gasteiger partial charge in [-0.05, 0) is 49.6 Å². The third-order valence-electron chi connectivity index (χ3n) is 4.51. The number of esters is 1. The van der Waals surface area contributed by atoms with Crippen molar-refractivity contribution in [2.75, 3.05) is 6.61 Å². The van der Waals surface area contributed by atoms with E-state index in [0.29, 0.717) is 18.0 Å². The molecule has 1 N–H and O–H groups in total. The maximum absolute atomic E-state index is 12.4. The summed E-state index contributed by atoms with van der Waals surface area (Å²) in [6, 6.07) is 13.2. The van der Waals surface area contributed by atoms with Crippen molar-refractivity contribution < 1.29 is 19.1 Å². The number of rotatable bonds is 5. The molecule has 27 heavy (non-hydrogen) atoms. The Kier molecular flexibility index (Phi) is 6.01. The molecule has 2 atom stereocenters. The average Bonchev–Trinajstić information content (AvgIpc) is 2.66. The Balaban J connectivity index is 1.51. The molecule has 0 radical (unpaired) electrons. The lowest BCUT2D eigenvalue weighted by Gasteiger charge is -2.25. The van der Waals surface area contributed by atoms with Crippen LogP contribution < -0.4 is 10.1 Å². The SMILES string of the molecule is Cc1ccc(CNC(=O)[C@H](C)OC(=O)[C@@H]2COc3ccc(Cl)cc3C2)cc1. The summed E-state index contributed by atoms with van der Waals surface area (Å²) >= 11 is 6.00. The van der Waals surface area contributed by atoms with Crippen molar-refractivity contribution in [2.45, 2.75) is 32.9 Å². The molecule has 3 rings (SSSR count). The smallest absolute Gasteiger partial charge is 0.313 e. The zero-order valence-corrected chi connectivity index (χ0v) is 16.1. The fraction of sp³-hybridized carbons (Fsp3) is 0.333. The molecule has 0 fully saturated rings. The van der Waals surface area contributed by atoms with E-state index in [2.05, 4.69) is 5.32 Å². The zero-order valence-electron chi connectivity index (χ0n) is 15.3. The fourth-order valence-corrected chi connectivity index (χ4v) is 3.07. The van der Waals surface area contributed by atoms with E-state index in [1.54, 1.807) is 25.1 Å². The Morgan fingerprint density at radius 1 is 1.26 bits per heavy atom. The largest absolute Gasteiger partial charge is 0.492 e.